The van der Waals surface area contributed by atoms with E-state index in [1.807, 2.05) is 0 Å². The number of hydrogen-bond acceptors (Lipinski definition) is 4. The number of nitrogens with one attached hydrogen (secondary N) is 1. The van der Waals surface area contributed by atoms with Crippen LogP contribution in [0.2, 0.25) is 5.15 Å². The maximum absolute atomic E-state index is 8.91. The van der Waals surface area contributed by atoms with Gasteiger partial charge in [0.15, 0.2) is 0 Å². The van der Waals surface area contributed by atoms with Gasteiger partial charge in [-0.25, -0.2) is 4.98 Å². The molecule has 0 aromatic carbocycles. The highest BCUT2D eigenvalue weighted by Gasteiger charge is 2.13. The van der Waals surface area contributed by atoms with Crippen LogP contribution >= 0.6 is 11.6 Å². The zero-order valence-electron chi connectivity index (χ0n) is 11.2. The lowest BCUT2D eigenvalue weighted by Crippen LogP contribution is -2.38. The average Bonchev–Trinajstić information content (AvgIpc) is 2.38. The number of nitrogens with zero attached hydrogens (tertiary/aromatic N) is 3. The van der Waals surface area contributed by atoms with Gasteiger partial charge in [0, 0.05) is 12.6 Å². The summed E-state index contributed by atoms with van der Waals surface area (Å²) in [5.41, 5.74) is 0.535. The molecule has 0 radical (unpaired) electrons. The topological polar surface area (TPSA) is 52.0 Å². The fourth-order valence-electron chi connectivity index (χ4n) is 2.46. The number of hydrogen-bond donors (Lipinski definition) is 1. The Balaban J connectivity index is 1.92. The number of rotatable bonds is 4. The van der Waals surface area contributed by atoms with Crippen LogP contribution in [0.4, 0.5) is 5.82 Å². The van der Waals surface area contributed by atoms with Crippen molar-refractivity contribution >= 4 is 17.4 Å². The first-order valence-electron chi connectivity index (χ1n) is 6.74. The summed E-state index contributed by atoms with van der Waals surface area (Å²) in [5, 5.41) is 12.6. The lowest BCUT2D eigenvalue weighted by Gasteiger charge is -2.29. The first kappa shape index (κ1) is 14.1. The van der Waals surface area contributed by atoms with Gasteiger partial charge >= 0.3 is 0 Å². The molecule has 5 heteroatoms. The average molecular weight is 279 g/mol. The van der Waals surface area contributed by atoms with E-state index in [0.29, 0.717) is 16.5 Å². The first-order valence-corrected chi connectivity index (χ1v) is 7.12. The molecule has 1 aromatic rings. The summed E-state index contributed by atoms with van der Waals surface area (Å²) in [6, 6.07) is 5.68. The van der Waals surface area contributed by atoms with Gasteiger partial charge in [-0.05, 0) is 45.0 Å². The Morgan fingerprint density at radius 2 is 2.16 bits per heavy atom. The Morgan fingerprint density at radius 3 is 2.84 bits per heavy atom. The van der Waals surface area contributed by atoms with Crippen LogP contribution in [0.15, 0.2) is 12.1 Å². The van der Waals surface area contributed by atoms with Gasteiger partial charge in [0.25, 0.3) is 0 Å². The minimum absolute atomic E-state index is 0.288. The number of piperidine rings is 1. The molecule has 1 N–H and O–H groups in total. The standard InChI is InChI=1S/C14H19ClN4/c1-11(10-19-5-3-2-4-6-19)17-14-8-12(9-16)7-13(15)18-14/h7-8,11H,2-6,10H2,1H3,(H,17,18). The van der Waals surface area contributed by atoms with Gasteiger partial charge in [0.2, 0.25) is 0 Å². The molecule has 1 aliphatic heterocycles. The van der Waals surface area contributed by atoms with Gasteiger partial charge in [0.1, 0.15) is 11.0 Å². The quantitative estimate of drug-likeness (QED) is 0.861. The molecule has 19 heavy (non-hydrogen) atoms. The Morgan fingerprint density at radius 1 is 1.42 bits per heavy atom. The molecule has 0 aliphatic carbocycles. The third kappa shape index (κ3) is 4.38. The number of likely N-dealkylation sites (tertiary alicyclic amines) is 1. The third-order valence-corrected chi connectivity index (χ3v) is 3.49. The summed E-state index contributed by atoms with van der Waals surface area (Å²) in [4.78, 5) is 6.67. The Bertz CT molecular complexity index is 463. The molecule has 1 unspecified atom stereocenters. The van der Waals surface area contributed by atoms with Crippen molar-refractivity contribution in [2.45, 2.75) is 32.2 Å². The van der Waals surface area contributed by atoms with Gasteiger partial charge in [-0.15, -0.1) is 0 Å². The van der Waals surface area contributed by atoms with E-state index in [1.165, 1.54) is 32.4 Å². The van der Waals surface area contributed by atoms with E-state index in [2.05, 4.69) is 28.2 Å². The fraction of sp³-hybridized carbons (Fsp3) is 0.571. The summed E-state index contributed by atoms with van der Waals surface area (Å²) in [5.74, 6) is 0.675. The molecule has 0 amide bonds. The molecule has 1 atom stereocenters. The third-order valence-electron chi connectivity index (χ3n) is 3.30. The van der Waals surface area contributed by atoms with Crippen LogP contribution in [0.5, 0.6) is 0 Å². The molecule has 1 aromatic heterocycles. The normalized spacial score (nSPS) is 17.7. The smallest absolute Gasteiger partial charge is 0.132 e. The minimum Gasteiger partial charge on any atom is -0.366 e. The monoisotopic (exact) mass is 278 g/mol. The van der Waals surface area contributed by atoms with Crippen molar-refractivity contribution in [3.05, 3.63) is 22.8 Å². The molecule has 102 valence electrons. The molecule has 0 saturated carbocycles. The molecule has 1 fully saturated rings. The second kappa shape index (κ2) is 6.74. The highest BCUT2D eigenvalue weighted by molar-refractivity contribution is 6.29. The molecule has 2 rings (SSSR count). The van der Waals surface area contributed by atoms with Crippen molar-refractivity contribution in [1.29, 1.82) is 5.26 Å². The fourth-order valence-corrected chi connectivity index (χ4v) is 2.67. The summed E-state index contributed by atoms with van der Waals surface area (Å²) in [7, 11) is 0. The van der Waals surface area contributed by atoms with Crippen LogP contribution in [-0.4, -0.2) is 35.6 Å². The highest BCUT2D eigenvalue weighted by atomic mass is 35.5. The number of pyridine rings is 1. The van der Waals surface area contributed by atoms with Crippen LogP contribution in [0.25, 0.3) is 0 Å². The van der Waals surface area contributed by atoms with E-state index in [-0.39, 0.29) is 6.04 Å². The van der Waals surface area contributed by atoms with Crippen molar-refractivity contribution < 1.29 is 0 Å². The highest BCUT2D eigenvalue weighted by Crippen LogP contribution is 2.15. The SMILES string of the molecule is CC(CN1CCCCC1)Nc1cc(C#N)cc(Cl)n1. The number of anilines is 1. The molecular formula is C14H19ClN4. The number of aromatic nitrogens is 1. The van der Waals surface area contributed by atoms with Gasteiger partial charge in [0.05, 0.1) is 11.6 Å². The Hall–Kier alpha value is -1.31. The van der Waals surface area contributed by atoms with E-state index in [1.54, 1.807) is 12.1 Å². The predicted octanol–water partition coefficient (Wildman–Crippen LogP) is 2.89. The molecular weight excluding hydrogens is 260 g/mol. The van der Waals surface area contributed by atoms with Crippen molar-refractivity contribution in [2.24, 2.45) is 0 Å². The van der Waals surface area contributed by atoms with Crippen LogP contribution < -0.4 is 5.32 Å². The van der Waals surface area contributed by atoms with E-state index in [4.69, 9.17) is 16.9 Å². The van der Waals surface area contributed by atoms with Crippen LogP contribution in [0, 0.1) is 11.3 Å². The second-order valence-corrected chi connectivity index (χ2v) is 5.47. The maximum Gasteiger partial charge on any atom is 0.132 e. The Kier molecular flexibility index (Phi) is 5.00. The van der Waals surface area contributed by atoms with Crippen molar-refractivity contribution in [1.82, 2.24) is 9.88 Å². The molecule has 4 nitrogen and oxygen atoms in total. The molecule has 1 aliphatic rings. The zero-order chi connectivity index (χ0) is 13.7. The van der Waals surface area contributed by atoms with E-state index < -0.39 is 0 Å². The van der Waals surface area contributed by atoms with Gasteiger partial charge in [-0.2, -0.15) is 5.26 Å². The molecule has 2 heterocycles. The van der Waals surface area contributed by atoms with E-state index in [0.717, 1.165) is 6.54 Å². The maximum atomic E-state index is 8.91. The first-order chi connectivity index (χ1) is 9.17. The Labute approximate surface area is 119 Å². The summed E-state index contributed by atoms with van der Waals surface area (Å²) >= 11 is 5.89. The largest absolute Gasteiger partial charge is 0.366 e. The van der Waals surface area contributed by atoms with Crippen LogP contribution in [0.1, 0.15) is 31.7 Å². The summed E-state index contributed by atoms with van der Waals surface area (Å²) in [6.07, 6.45) is 3.93. The van der Waals surface area contributed by atoms with Gasteiger partial charge in [-0.1, -0.05) is 18.0 Å². The molecule has 0 spiro atoms. The number of halogens is 1. The van der Waals surface area contributed by atoms with Crippen LogP contribution in [0.3, 0.4) is 0 Å². The second-order valence-electron chi connectivity index (χ2n) is 5.08. The van der Waals surface area contributed by atoms with Gasteiger partial charge < -0.3 is 10.2 Å². The predicted molar refractivity (Wildman–Crippen MR) is 77.3 cm³/mol. The lowest BCUT2D eigenvalue weighted by atomic mass is 10.1. The zero-order valence-corrected chi connectivity index (χ0v) is 12.0. The van der Waals surface area contributed by atoms with Crippen LogP contribution in [-0.2, 0) is 0 Å². The van der Waals surface area contributed by atoms with Crippen molar-refractivity contribution in [3.63, 3.8) is 0 Å². The summed E-state index contributed by atoms with van der Waals surface area (Å²) in [6.45, 7) is 5.48. The van der Waals surface area contributed by atoms with Gasteiger partial charge in [-0.3, -0.25) is 0 Å². The molecule has 1 saturated heterocycles. The van der Waals surface area contributed by atoms with Crippen molar-refractivity contribution in [3.8, 4) is 6.07 Å². The number of nitriles is 1. The van der Waals surface area contributed by atoms with E-state index >= 15 is 0 Å². The van der Waals surface area contributed by atoms with E-state index in [9.17, 15) is 0 Å². The van der Waals surface area contributed by atoms with Crippen molar-refractivity contribution in [2.75, 3.05) is 25.0 Å². The summed E-state index contributed by atoms with van der Waals surface area (Å²) < 4.78 is 0. The molecule has 0 bridgehead atoms. The lowest BCUT2D eigenvalue weighted by molar-refractivity contribution is 0.223. The minimum atomic E-state index is 0.288.